The van der Waals surface area contributed by atoms with Crippen LogP contribution in [-0.4, -0.2) is 53.3 Å². The predicted octanol–water partition coefficient (Wildman–Crippen LogP) is 2.94. The Morgan fingerprint density at radius 2 is 1.74 bits per heavy atom. The van der Waals surface area contributed by atoms with Gasteiger partial charge in [-0.25, -0.2) is 8.42 Å². The highest BCUT2D eigenvalue weighted by molar-refractivity contribution is 7.91. The van der Waals surface area contributed by atoms with Crippen molar-refractivity contribution in [3.8, 4) is 0 Å². The molecule has 0 aliphatic carbocycles. The molecule has 0 bridgehead atoms. The summed E-state index contributed by atoms with van der Waals surface area (Å²) in [6, 6.07) is 11.6. The lowest BCUT2D eigenvalue weighted by molar-refractivity contribution is 0.102. The van der Waals surface area contributed by atoms with Crippen molar-refractivity contribution in [2.24, 2.45) is 4.40 Å². The Labute approximate surface area is 183 Å². The summed E-state index contributed by atoms with van der Waals surface area (Å²) in [4.78, 5) is 14.4. The van der Waals surface area contributed by atoms with Gasteiger partial charge in [0.15, 0.2) is 9.84 Å². The van der Waals surface area contributed by atoms with E-state index in [9.17, 15) is 21.6 Å². The van der Waals surface area contributed by atoms with E-state index in [1.165, 1.54) is 42.5 Å². The molecule has 1 heterocycles. The number of sulfone groups is 1. The molecule has 2 aromatic carbocycles. The number of likely N-dealkylation sites (tertiary alicyclic amines) is 1. The van der Waals surface area contributed by atoms with E-state index in [-0.39, 0.29) is 21.0 Å². The molecule has 166 valence electrons. The lowest BCUT2D eigenvalue weighted by atomic mass is 10.2. The van der Waals surface area contributed by atoms with Crippen LogP contribution in [0.4, 0.5) is 5.69 Å². The Kier molecular flexibility index (Phi) is 6.80. The van der Waals surface area contributed by atoms with Crippen LogP contribution in [0, 0.1) is 0 Å². The fraction of sp³-hybridized carbons (Fsp3) is 0.333. The first-order valence-corrected chi connectivity index (χ1v) is 13.2. The third kappa shape index (κ3) is 5.71. The van der Waals surface area contributed by atoms with E-state index in [2.05, 4.69) is 9.71 Å². The maximum Gasteiger partial charge on any atom is 0.284 e. The fourth-order valence-electron chi connectivity index (χ4n) is 3.35. The topological polar surface area (TPSA) is 113 Å². The summed E-state index contributed by atoms with van der Waals surface area (Å²) in [5.74, 6) is -0.126. The summed E-state index contributed by atoms with van der Waals surface area (Å²) < 4.78 is 53.6. The minimum absolute atomic E-state index is 0.0152. The Hall–Kier alpha value is -2.72. The van der Waals surface area contributed by atoms with E-state index in [1.54, 1.807) is 6.07 Å². The molecule has 0 unspecified atom stereocenters. The largest absolute Gasteiger partial charge is 0.362 e. The smallest absolute Gasteiger partial charge is 0.284 e. The van der Waals surface area contributed by atoms with Crippen molar-refractivity contribution >= 4 is 37.3 Å². The normalized spacial score (nSPS) is 16.7. The molecule has 1 amide bonds. The van der Waals surface area contributed by atoms with Crippen LogP contribution in [0.2, 0.25) is 0 Å². The molecule has 0 radical (unpaired) electrons. The number of sulfonamides is 1. The average Bonchev–Trinajstić information content (AvgIpc) is 2.91. The molecule has 10 heteroatoms. The van der Waals surface area contributed by atoms with Gasteiger partial charge < -0.3 is 10.2 Å². The number of carbonyl (C=O) groups is 1. The van der Waals surface area contributed by atoms with Crippen molar-refractivity contribution in [1.82, 2.24) is 4.90 Å². The number of benzene rings is 2. The second-order valence-corrected chi connectivity index (χ2v) is 11.1. The van der Waals surface area contributed by atoms with Crippen LogP contribution in [0.1, 0.15) is 36.0 Å². The summed E-state index contributed by atoms with van der Waals surface area (Å²) >= 11 is 0. The Balaban J connectivity index is 1.88. The van der Waals surface area contributed by atoms with Crippen LogP contribution in [0.15, 0.2) is 62.7 Å². The van der Waals surface area contributed by atoms with Gasteiger partial charge in [0.1, 0.15) is 5.84 Å². The summed E-state index contributed by atoms with van der Waals surface area (Å²) in [5, 5.41) is 2.58. The fourth-order valence-corrected chi connectivity index (χ4v) is 5.37. The van der Waals surface area contributed by atoms with Crippen LogP contribution in [0.25, 0.3) is 0 Å². The Morgan fingerprint density at radius 3 is 2.48 bits per heavy atom. The van der Waals surface area contributed by atoms with Crippen molar-refractivity contribution in [1.29, 1.82) is 0 Å². The van der Waals surface area contributed by atoms with Gasteiger partial charge in [0.25, 0.3) is 15.9 Å². The molecule has 0 atom stereocenters. The van der Waals surface area contributed by atoms with Crippen molar-refractivity contribution < 1.29 is 21.6 Å². The summed E-state index contributed by atoms with van der Waals surface area (Å²) in [7, 11) is -5.74. The van der Waals surface area contributed by atoms with Gasteiger partial charge in [-0.05, 0) is 43.2 Å². The first-order valence-electron chi connectivity index (χ1n) is 9.83. The molecule has 2 aromatic rings. The van der Waals surface area contributed by atoms with Gasteiger partial charge in [-0.3, -0.25) is 4.79 Å². The van der Waals surface area contributed by atoms with Crippen LogP contribution < -0.4 is 5.32 Å². The SMILES string of the molecule is CN1CCCCC/C1=N\S(=O)(=O)c1cccc(NC(=O)c2ccccc2S(C)(=O)=O)c1. The van der Waals surface area contributed by atoms with Gasteiger partial charge in [0.05, 0.1) is 15.4 Å². The summed E-state index contributed by atoms with van der Waals surface area (Å²) in [6.07, 6.45) is 4.52. The minimum atomic E-state index is -3.96. The number of rotatable bonds is 5. The zero-order chi connectivity index (χ0) is 22.6. The van der Waals surface area contributed by atoms with Crippen LogP contribution in [-0.2, 0) is 19.9 Å². The molecule has 3 rings (SSSR count). The van der Waals surface area contributed by atoms with Gasteiger partial charge in [0.2, 0.25) is 0 Å². The number of carbonyl (C=O) groups excluding carboxylic acids is 1. The number of amides is 1. The first kappa shape index (κ1) is 23.0. The molecule has 8 nitrogen and oxygen atoms in total. The molecule has 1 saturated heterocycles. The van der Waals surface area contributed by atoms with Crippen molar-refractivity contribution in [2.45, 2.75) is 35.5 Å². The highest BCUT2D eigenvalue weighted by Gasteiger charge is 2.21. The van der Waals surface area contributed by atoms with Gasteiger partial charge in [-0.2, -0.15) is 8.42 Å². The van der Waals surface area contributed by atoms with Gasteiger partial charge in [-0.1, -0.05) is 24.6 Å². The average molecular weight is 464 g/mol. The number of hydrogen-bond acceptors (Lipinski definition) is 5. The molecule has 0 spiro atoms. The molecule has 0 aromatic heterocycles. The van der Waals surface area contributed by atoms with Crippen LogP contribution in [0.5, 0.6) is 0 Å². The Morgan fingerprint density at radius 1 is 1.00 bits per heavy atom. The molecule has 1 aliphatic heterocycles. The molecule has 0 saturated carbocycles. The summed E-state index contributed by atoms with van der Waals surface area (Å²) in [6.45, 7) is 0.754. The third-order valence-electron chi connectivity index (χ3n) is 4.98. The zero-order valence-corrected chi connectivity index (χ0v) is 19.0. The number of anilines is 1. The number of amidine groups is 1. The van der Waals surface area contributed by atoms with Crippen LogP contribution in [0.3, 0.4) is 0 Å². The Bertz CT molecular complexity index is 1220. The third-order valence-corrected chi connectivity index (χ3v) is 7.44. The van der Waals surface area contributed by atoms with Crippen molar-refractivity contribution in [3.05, 3.63) is 54.1 Å². The van der Waals surface area contributed by atoms with E-state index < -0.39 is 25.8 Å². The van der Waals surface area contributed by atoms with E-state index in [0.29, 0.717) is 12.3 Å². The second-order valence-electron chi connectivity index (χ2n) is 7.47. The van der Waals surface area contributed by atoms with E-state index in [4.69, 9.17) is 0 Å². The van der Waals surface area contributed by atoms with Crippen LogP contribution >= 0.6 is 0 Å². The van der Waals surface area contributed by atoms with Crippen molar-refractivity contribution in [2.75, 3.05) is 25.2 Å². The van der Waals surface area contributed by atoms with E-state index in [1.807, 2.05) is 11.9 Å². The standard InChI is InChI=1S/C21H25N3O5S2/c1-24-14-7-3-4-13-20(24)23-31(28,29)17-10-8-9-16(15-17)22-21(25)18-11-5-6-12-19(18)30(2,26)27/h5-6,8-12,15H,3-4,7,13-14H2,1-2H3,(H,22,25)/b23-20+. The van der Waals surface area contributed by atoms with Gasteiger partial charge in [-0.15, -0.1) is 4.40 Å². The number of nitrogens with zero attached hydrogens (tertiary/aromatic N) is 2. The maximum atomic E-state index is 12.8. The molecule has 1 aliphatic rings. The molecular weight excluding hydrogens is 438 g/mol. The molecule has 1 N–H and O–H groups in total. The highest BCUT2D eigenvalue weighted by Crippen LogP contribution is 2.22. The zero-order valence-electron chi connectivity index (χ0n) is 17.4. The first-order chi connectivity index (χ1) is 14.6. The van der Waals surface area contributed by atoms with E-state index in [0.717, 1.165) is 32.1 Å². The molecule has 31 heavy (non-hydrogen) atoms. The second kappa shape index (κ2) is 9.19. The number of hydrogen-bond donors (Lipinski definition) is 1. The molecular formula is C21H25N3O5S2. The van der Waals surface area contributed by atoms with Crippen molar-refractivity contribution in [3.63, 3.8) is 0 Å². The summed E-state index contributed by atoms with van der Waals surface area (Å²) in [5.41, 5.74) is 0.211. The van der Waals surface area contributed by atoms with Gasteiger partial charge in [0, 0.05) is 32.0 Å². The maximum absolute atomic E-state index is 12.8. The highest BCUT2D eigenvalue weighted by atomic mass is 32.2. The van der Waals surface area contributed by atoms with E-state index >= 15 is 0 Å². The molecule has 1 fully saturated rings. The lowest BCUT2D eigenvalue weighted by Crippen LogP contribution is -2.26. The minimum Gasteiger partial charge on any atom is -0.362 e. The monoisotopic (exact) mass is 463 g/mol. The predicted molar refractivity (Wildman–Crippen MR) is 120 cm³/mol. The lowest BCUT2D eigenvalue weighted by Gasteiger charge is -2.17. The quantitative estimate of drug-likeness (QED) is 0.729. The number of nitrogens with one attached hydrogen (secondary N) is 1. The van der Waals surface area contributed by atoms with Gasteiger partial charge >= 0.3 is 0 Å².